The Morgan fingerprint density at radius 1 is 1.07 bits per heavy atom. The molecule has 1 aliphatic rings. The highest BCUT2D eigenvalue weighted by Gasteiger charge is 2.15. The van der Waals surface area contributed by atoms with E-state index in [0.29, 0.717) is 54.3 Å². The van der Waals surface area contributed by atoms with Gasteiger partial charge in [0.1, 0.15) is 35.3 Å². The minimum absolute atomic E-state index is 0.397. The first-order chi connectivity index (χ1) is 13.7. The van der Waals surface area contributed by atoms with Gasteiger partial charge in [0.05, 0.1) is 26.4 Å². The molecule has 0 radical (unpaired) electrons. The van der Waals surface area contributed by atoms with Crippen LogP contribution in [-0.4, -0.2) is 76.3 Å². The van der Waals surface area contributed by atoms with Crippen LogP contribution < -0.4 is 14.2 Å². The van der Waals surface area contributed by atoms with Crippen LogP contribution >= 0.6 is 11.6 Å². The van der Waals surface area contributed by atoms with Crippen molar-refractivity contribution in [2.45, 2.75) is 6.92 Å². The van der Waals surface area contributed by atoms with E-state index >= 15 is 0 Å². The van der Waals surface area contributed by atoms with Gasteiger partial charge in [0.2, 0.25) is 5.88 Å². The van der Waals surface area contributed by atoms with Gasteiger partial charge in [0, 0.05) is 38.2 Å². The highest BCUT2D eigenvalue weighted by atomic mass is 35.5. The molecule has 0 atom stereocenters. The van der Waals surface area contributed by atoms with Gasteiger partial charge in [-0.05, 0) is 19.1 Å². The lowest BCUT2D eigenvalue weighted by molar-refractivity contribution is 0.0322. The number of halogens is 1. The van der Waals surface area contributed by atoms with Crippen LogP contribution in [0.1, 0.15) is 6.92 Å². The molecule has 1 aromatic carbocycles. The number of pyridine rings is 1. The third kappa shape index (κ3) is 5.38. The van der Waals surface area contributed by atoms with Gasteiger partial charge < -0.3 is 23.7 Å². The van der Waals surface area contributed by atoms with Crippen molar-refractivity contribution in [1.82, 2.24) is 9.88 Å². The number of fused-ring (bicyclic) bond motifs is 1. The van der Waals surface area contributed by atoms with Crippen LogP contribution in [0.4, 0.5) is 0 Å². The van der Waals surface area contributed by atoms with Gasteiger partial charge in [-0.2, -0.15) is 0 Å². The first-order valence-electron chi connectivity index (χ1n) is 9.53. The van der Waals surface area contributed by atoms with Crippen molar-refractivity contribution < 1.29 is 23.7 Å². The Bertz CT molecular complexity index is 768. The molecule has 28 heavy (non-hydrogen) atoms. The average molecular weight is 411 g/mol. The summed E-state index contributed by atoms with van der Waals surface area (Å²) in [5.74, 6) is 1.73. The molecule has 3 rings (SSSR count). The first-order valence-corrected chi connectivity index (χ1v) is 9.91. The van der Waals surface area contributed by atoms with Crippen molar-refractivity contribution in [1.29, 1.82) is 0 Å². The van der Waals surface area contributed by atoms with Crippen molar-refractivity contribution in [2.75, 3.05) is 66.4 Å². The number of hydrogen-bond donors (Lipinski definition) is 0. The fraction of sp³-hybridized carbons (Fsp3) is 0.550. The summed E-state index contributed by atoms with van der Waals surface area (Å²) >= 11 is 6.61. The summed E-state index contributed by atoms with van der Waals surface area (Å²) in [5.41, 5.74) is 0.601. The van der Waals surface area contributed by atoms with Crippen molar-refractivity contribution in [3.8, 4) is 17.4 Å². The van der Waals surface area contributed by atoms with Crippen molar-refractivity contribution >= 4 is 22.5 Å². The summed E-state index contributed by atoms with van der Waals surface area (Å²) in [7, 11) is 1.63. The molecule has 2 aromatic rings. The van der Waals surface area contributed by atoms with Crippen LogP contribution in [0.15, 0.2) is 18.2 Å². The molecule has 0 spiro atoms. The van der Waals surface area contributed by atoms with E-state index in [-0.39, 0.29) is 0 Å². The number of methoxy groups -OCH3 is 1. The zero-order valence-electron chi connectivity index (χ0n) is 16.4. The Hall–Kier alpha value is -1.80. The molecule has 1 saturated heterocycles. The molecular formula is C20H27ClN2O5. The maximum absolute atomic E-state index is 6.61. The Balaban J connectivity index is 1.77. The second-order valence-corrected chi connectivity index (χ2v) is 6.69. The highest BCUT2D eigenvalue weighted by Crippen LogP contribution is 2.37. The molecular weight excluding hydrogens is 384 g/mol. The fourth-order valence-corrected chi connectivity index (χ4v) is 3.25. The Kier molecular flexibility index (Phi) is 7.97. The van der Waals surface area contributed by atoms with Crippen LogP contribution in [0.3, 0.4) is 0 Å². The molecule has 2 heterocycles. The molecule has 0 N–H and O–H groups in total. The van der Waals surface area contributed by atoms with Crippen LogP contribution in [-0.2, 0) is 9.47 Å². The minimum atomic E-state index is 0.397. The van der Waals surface area contributed by atoms with E-state index in [1.807, 2.05) is 19.1 Å². The number of aromatic nitrogens is 1. The molecule has 0 amide bonds. The van der Waals surface area contributed by atoms with E-state index in [1.165, 1.54) is 0 Å². The number of benzene rings is 1. The maximum Gasteiger partial charge on any atom is 0.217 e. The third-order valence-corrected chi connectivity index (χ3v) is 4.79. The second kappa shape index (κ2) is 10.7. The van der Waals surface area contributed by atoms with E-state index in [1.54, 1.807) is 13.2 Å². The standard InChI is InChI=1S/C20H27ClN2O5/c1-3-26-17-14-18(28-13-12-24-2)22-20-15(17)4-5-16(19(20)21)27-11-8-23-6-9-25-10-7-23/h4-5,14H,3,6-13H2,1-2H3. The van der Waals surface area contributed by atoms with E-state index in [2.05, 4.69) is 9.88 Å². The van der Waals surface area contributed by atoms with Crippen LogP contribution in [0.5, 0.6) is 17.4 Å². The summed E-state index contributed by atoms with van der Waals surface area (Å²) in [5, 5.41) is 1.28. The van der Waals surface area contributed by atoms with Crippen LogP contribution in [0, 0.1) is 0 Å². The maximum atomic E-state index is 6.61. The molecule has 1 fully saturated rings. The van der Waals surface area contributed by atoms with E-state index in [9.17, 15) is 0 Å². The predicted octanol–water partition coefficient (Wildman–Crippen LogP) is 3.02. The second-order valence-electron chi connectivity index (χ2n) is 6.31. The fourth-order valence-electron chi connectivity index (χ4n) is 2.99. The number of morpholine rings is 1. The number of nitrogens with zero attached hydrogens (tertiary/aromatic N) is 2. The highest BCUT2D eigenvalue weighted by molar-refractivity contribution is 6.36. The molecule has 0 aliphatic carbocycles. The Morgan fingerprint density at radius 2 is 1.89 bits per heavy atom. The SMILES string of the molecule is CCOc1cc(OCCOC)nc2c(Cl)c(OCCN3CCOCC3)ccc12. The number of rotatable bonds is 10. The summed E-state index contributed by atoms with van der Waals surface area (Å²) < 4.78 is 27.7. The van der Waals surface area contributed by atoms with E-state index in [0.717, 1.165) is 38.2 Å². The van der Waals surface area contributed by atoms with Gasteiger partial charge >= 0.3 is 0 Å². The van der Waals surface area contributed by atoms with Crippen molar-refractivity contribution in [2.24, 2.45) is 0 Å². The van der Waals surface area contributed by atoms with Crippen molar-refractivity contribution in [3.05, 3.63) is 23.2 Å². The summed E-state index contributed by atoms with van der Waals surface area (Å²) in [6, 6.07) is 5.55. The zero-order valence-corrected chi connectivity index (χ0v) is 17.2. The summed E-state index contributed by atoms with van der Waals surface area (Å²) in [6.07, 6.45) is 0. The molecule has 1 aromatic heterocycles. The van der Waals surface area contributed by atoms with Gasteiger partial charge in [-0.25, -0.2) is 4.98 Å². The number of hydrogen-bond acceptors (Lipinski definition) is 7. The first kappa shape index (κ1) is 20.9. The Labute approximate surface area is 170 Å². The molecule has 1 aliphatic heterocycles. The molecule has 8 heteroatoms. The van der Waals surface area contributed by atoms with Gasteiger partial charge in [0.15, 0.2) is 0 Å². The lowest BCUT2D eigenvalue weighted by Crippen LogP contribution is -2.38. The van der Waals surface area contributed by atoms with Crippen LogP contribution in [0.2, 0.25) is 5.02 Å². The molecule has 0 saturated carbocycles. The number of ether oxygens (including phenoxy) is 5. The molecule has 0 bridgehead atoms. The van der Waals surface area contributed by atoms with Gasteiger partial charge in [-0.15, -0.1) is 0 Å². The average Bonchev–Trinajstić information content (AvgIpc) is 2.71. The zero-order chi connectivity index (χ0) is 19.8. The molecule has 7 nitrogen and oxygen atoms in total. The van der Waals surface area contributed by atoms with E-state index in [4.69, 9.17) is 35.3 Å². The summed E-state index contributed by atoms with van der Waals surface area (Å²) in [6.45, 7) is 8.11. The van der Waals surface area contributed by atoms with E-state index < -0.39 is 0 Å². The summed E-state index contributed by atoms with van der Waals surface area (Å²) in [4.78, 5) is 6.86. The van der Waals surface area contributed by atoms with Gasteiger partial charge in [-0.1, -0.05) is 11.6 Å². The van der Waals surface area contributed by atoms with Crippen molar-refractivity contribution in [3.63, 3.8) is 0 Å². The van der Waals surface area contributed by atoms with Gasteiger partial charge in [-0.3, -0.25) is 4.90 Å². The molecule has 0 unspecified atom stereocenters. The van der Waals surface area contributed by atoms with Crippen LogP contribution in [0.25, 0.3) is 10.9 Å². The molecule has 154 valence electrons. The normalized spacial score (nSPS) is 15.0. The monoisotopic (exact) mass is 410 g/mol. The Morgan fingerprint density at radius 3 is 2.64 bits per heavy atom. The smallest absolute Gasteiger partial charge is 0.217 e. The van der Waals surface area contributed by atoms with Gasteiger partial charge in [0.25, 0.3) is 0 Å². The minimum Gasteiger partial charge on any atom is -0.493 e. The lowest BCUT2D eigenvalue weighted by atomic mass is 10.2. The lowest BCUT2D eigenvalue weighted by Gasteiger charge is -2.26. The topological polar surface area (TPSA) is 62.3 Å². The third-order valence-electron chi connectivity index (χ3n) is 4.43. The largest absolute Gasteiger partial charge is 0.493 e. The quantitative estimate of drug-likeness (QED) is 0.558. The predicted molar refractivity (Wildman–Crippen MR) is 108 cm³/mol.